The topological polar surface area (TPSA) is 18.5 Å². The average Bonchev–Trinajstić information content (AvgIpc) is 2.73. The molecule has 0 bridgehead atoms. The molecule has 1 aromatic rings. The lowest BCUT2D eigenvalue weighted by Crippen LogP contribution is -2.34. The first-order valence-electron chi connectivity index (χ1n) is 11.7. The highest BCUT2D eigenvalue weighted by molar-refractivity contribution is 5.25. The first-order valence-corrected chi connectivity index (χ1v) is 11.7. The van der Waals surface area contributed by atoms with E-state index in [0.717, 1.165) is 30.7 Å². The summed E-state index contributed by atoms with van der Waals surface area (Å²) in [5, 5.41) is 0. The third-order valence-electron chi connectivity index (χ3n) is 6.84. The lowest BCUT2D eigenvalue weighted by molar-refractivity contribution is -0.215. The zero-order valence-electron chi connectivity index (χ0n) is 17.9. The lowest BCUT2D eigenvalue weighted by atomic mass is 9.74. The molecule has 0 radical (unpaired) electrons. The van der Waals surface area contributed by atoms with Crippen molar-refractivity contribution in [3.8, 4) is 0 Å². The molecule has 0 spiro atoms. The van der Waals surface area contributed by atoms with Crippen molar-refractivity contribution in [2.24, 2.45) is 17.8 Å². The van der Waals surface area contributed by atoms with Gasteiger partial charge in [-0.1, -0.05) is 70.9 Å². The molecule has 2 fully saturated rings. The van der Waals surface area contributed by atoms with Gasteiger partial charge >= 0.3 is 0 Å². The number of unbranched alkanes of at least 4 members (excludes halogenated alkanes) is 3. The lowest BCUT2D eigenvalue weighted by Gasteiger charge is -2.38. The third-order valence-corrected chi connectivity index (χ3v) is 6.84. The number of hydrogen-bond donors (Lipinski definition) is 0. The van der Waals surface area contributed by atoms with Crippen LogP contribution in [0.4, 0.5) is 4.39 Å². The molecule has 2 aliphatic rings. The van der Waals surface area contributed by atoms with Gasteiger partial charge in [0.15, 0.2) is 6.29 Å². The molecule has 1 aliphatic carbocycles. The number of hydrogen-bond acceptors (Lipinski definition) is 2. The SMILES string of the molecule is CCCCCC1CCC([C@H]2CO[C@H](c3ccc(CCCC)cc3F)OC2)CC1. The Morgan fingerprint density at radius 1 is 0.893 bits per heavy atom. The first-order chi connectivity index (χ1) is 13.7. The van der Waals surface area contributed by atoms with Crippen molar-refractivity contribution in [2.75, 3.05) is 13.2 Å². The molecule has 1 saturated heterocycles. The molecular formula is C25H39FO2. The van der Waals surface area contributed by atoms with E-state index < -0.39 is 6.29 Å². The third kappa shape index (κ3) is 6.03. The van der Waals surface area contributed by atoms with Crippen LogP contribution in [0.25, 0.3) is 0 Å². The molecule has 28 heavy (non-hydrogen) atoms. The van der Waals surface area contributed by atoms with Gasteiger partial charge in [0.25, 0.3) is 0 Å². The van der Waals surface area contributed by atoms with Gasteiger partial charge in [-0.3, -0.25) is 0 Å². The Morgan fingerprint density at radius 2 is 1.61 bits per heavy atom. The molecule has 0 atom stereocenters. The summed E-state index contributed by atoms with van der Waals surface area (Å²) in [5.41, 5.74) is 1.62. The van der Waals surface area contributed by atoms with Crippen LogP contribution in [0.15, 0.2) is 18.2 Å². The quantitative estimate of drug-likeness (QED) is 0.414. The summed E-state index contributed by atoms with van der Waals surface area (Å²) in [4.78, 5) is 0. The van der Waals surface area contributed by atoms with Gasteiger partial charge in [0.1, 0.15) is 5.82 Å². The van der Waals surface area contributed by atoms with Gasteiger partial charge in [0.05, 0.1) is 13.2 Å². The molecule has 2 nitrogen and oxygen atoms in total. The predicted octanol–water partition coefficient (Wildman–Crippen LogP) is 7.22. The van der Waals surface area contributed by atoms with Crippen molar-refractivity contribution in [3.63, 3.8) is 0 Å². The molecule has 1 saturated carbocycles. The van der Waals surface area contributed by atoms with Gasteiger partial charge in [-0.15, -0.1) is 0 Å². The molecule has 3 heteroatoms. The van der Waals surface area contributed by atoms with Gasteiger partial charge in [0, 0.05) is 11.5 Å². The van der Waals surface area contributed by atoms with E-state index in [9.17, 15) is 4.39 Å². The van der Waals surface area contributed by atoms with Crippen LogP contribution in [0.2, 0.25) is 0 Å². The second-order valence-electron chi connectivity index (χ2n) is 8.99. The van der Waals surface area contributed by atoms with E-state index in [0.29, 0.717) is 30.6 Å². The van der Waals surface area contributed by atoms with Crippen molar-refractivity contribution in [3.05, 3.63) is 35.1 Å². The monoisotopic (exact) mass is 390 g/mol. The Morgan fingerprint density at radius 3 is 2.25 bits per heavy atom. The molecular weight excluding hydrogens is 351 g/mol. The van der Waals surface area contributed by atoms with Crippen molar-refractivity contribution in [1.82, 2.24) is 0 Å². The average molecular weight is 391 g/mol. The Bertz CT molecular complexity index is 572. The molecule has 0 aromatic heterocycles. The zero-order valence-corrected chi connectivity index (χ0v) is 17.9. The molecule has 1 aliphatic heterocycles. The molecule has 0 N–H and O–H groups in total. The maximum absolute atomic E-state index is 14.5. The number of aryl methyl sites for hydroxylation is 1. The smallest absolute Gasteiger partial charge is 0.186 e. The normalized spacial score (nSPS) is 28.4. The number of halogens is 1. The number of benzene rings is 1. The maximum Gasteiger partial charge on any atom is 0.186 e. The Kier molecular flexibility index (Phi) is 8.79. The van der Waals surface area contributed by atoms with Crippen LogP contribution >= 0.6 is 0 Å². The Hall–Kier alpha value is -0.930. The first kappa shape index (κ1) is 21.8. The highest BCUT2D eigenvalue weighted by Crippen LogP contribution is 2.39. The van der Waals surface area contributed by atoms with Gasteiger partial charge in [-0.05, 0) is 49.1 Å². The van der Waals surface area contributed by atoms with Gasteiger partial charge < -0.3 is 9.47 Å². The van der Waals surface area contributed by atoms with E-state index in [1.54, 1.807) is 6.07 Å². The summed E-state index contributed by atoms with van der Waals surface area (Å²) < 4.78 is 26.5. The zero-order chi connectivity index (χ0) is 19.8. The van der Waals surface area contributed by atoms with E-state index in [1.807, 2.05) is 12.1 Å². The summed E-state index contributed by atoms with van der Waals surface area (Å²) in [6.45, 7) is 5.84. The van der Waals surface area contributed by atoms with Crippen LogP contribution in [-0.2, 0) is 15.9 Å². The van der Waals surface area contributed by atoms with E-state index in [-0.39, 0.29) is 5.82 Å². The van der Waals surface area contributed by atoms with Crippen LogP contribution in [0.3, 0.4) is 0 Å². The predicted molar refractivity (Wildman–Crippen MR) is 113 cm³/mol. The van der Waals surface area contributed by atoms with Crippen LogP contribution in [0.5, 0.6) is 0 Å². The fraction of sp³-hybridized carbons (Fsp3) is 0.760. The summed E-state index contributed by atoms with van der Waals surface area (Å²) in [7, 11) is 0. The minimum Gasteiger partial charge on any atom is -0.348 e. The number of rotatable bonds is 9. The van der Waals surface area contributed by atoms with E-state index in [2.05, 4.69) is 13.8 Å². The highest BCUT2D eigenvalue weighted by atomic mass is 19.1. The van der Waals surface area contributed by atoms with E-state index >= 15 is 0 Å². The summed E-state index contributed by atoms with van der Waals surface area (Å²) in [6.07, 6.45) is 13.4. The van der Waals surface area contributed by atoms with Gasteiger partial charge in [-0.25, -0.2) is 4.39 Å². The van der Waals surface area contributed by atoms with Crippen LogP contribution in [-0.4, -0.2) is 13.2 Å². The highest BCUT2D eigenvalue weighted by Gasteiger charge is 2.33. The van der Waals surface area contributed by atoms with Crippen LogP contribution in [0, 0.1) is 23.6 Å². The molecule has 0 unspecified atom stereocenters. The molecule has 3 rings (SSSR count). The van der Waals surface area contributed by atoms with E-state index in [4.69, 9.17) is 9.47 Å². The fourth-order valence-electron chi connectivity index (χ4n) is 4.90. The minimum absolute atomic E-state index is 0.190. The second-order valence-corrected chi connectivity index (χ2v) is 8.99. The van der Waals surface area contributed by atoms with Crippen molar-refractivity contribution < 1.29 is 13.9 Å². The molecule has 0 amide bonds. The van der Waals surface area contributed by atoms with Gasteiger partial charge in [0.2, 0.25) is 0 Å². The second kappa shape index (κ2) is 11.3. The standard InChI is InChI=1S/C25H39FO2/c1-3-5-7-9-19-10-13-21(14-11-19)22-17-27-25(28-18-22)23-15-12-20(8-6-4-2)16-24(23)26/h12,15-16,19,21-22,25H,3-11,13-14,17-18H2,1-2H3/t19?,21?,22-,25-. The van der Waals surface area contributed by atoms with Crippen LogP contribution in [0.1, 0.15) is 95.5 Å². The maximum atomic E-state index is 14.5. The molecule has 1 heterocycles. The number of ether oxygens (including phenoxy) is 2. The Labute approximate surface area is 171 Å². The molecule has 1 aromatic carbocycles. The summed E-state index contributed by atoms with van der Waals surface area (Å²) in [5.74, 6) is 1.93. The van der Waals surface area contributed by atoms with Crippen LogP contribution < -0.4 is 0 Å². The Balaban J connectivity index is 1.44. The van der Waals surface area contributed by atoms with Crippen molar-refractivity contribution >= 4 is 0 Å². The largest absolute Gasteiger partial charge is 0.348 e. The summed E-state index contributed by atoms with van der Waals surface area (Å²) >= 11 is 0. The van der Waals surface area contributed by atoms with Crippen molar-refractivity contribution in [1.29, 1.82) is 0 Å². The van der Waals surface area contributed by atoms with E-state index in [1.165, 1.54) is 51.4 Å². The minimum atomic E-state index is -0.540. The molecule has 158 valence electrons. The summed E-state index contributed by atoms with van der Waals surface area (Å²) in [6, 6.07) is 5.53. The van der Waals surface area contributed by atoms with Gasteiger partial charge in [-0.2, -0.15) is 0 Å². The fourth-order valence-corrected chi connectivity index (χ4v) is 4.90. The van der Waals surface area contributed by atoms with Crippen molar-refractivity contribution in [2.45, 2.75) is 90.8 Å².